The average molecular weight is 892 g/mol. The van der Waals surface area contributed by atoms with Crippen molar-refractivity contribution in [3.05, 3.63) is 0 Å². The molecule has 0 spiro atoms. The van der Waals surface area contributed by atoms with Gasteiger partial charge in [-0.1, -0.05) is 104 Å². The van der Waals surface area contributed by atoms with Crippen molar-refractivity contribution in [2.24, 2.45) is 0 Å². The van der Waals surface area contributed by atoms with E-state index in [1.54, 1.807) is 21.7 Å². The summed E-state index contributed by atoms with van der Waals surface area (Å²) in [5.41, 5.74) is 0. The number of unbranched alkanes of at least 4 members (excludes halogenated alkanes) is 26. The van der Waals surface area contributed by atoms with Gasteiger partial charge >= 0.3 is 121 Å². The summed E-state index contributed by atoms with van der Waals surface area (Å²) >= 11 is 0.0736. The molecular formula is C46H92O8Sn. The van der Waals surface area contributed by atoms with E-state index in [4.69, 9.17) is 9.47 Å². The zero-order valence-corrected chi connectivity index (χ0v) is 39.9. The Morgan fingerprint density at radius 3 is 0.800 bits per heavy atom. The Morgan fingerprint density at radius 1 is 0.327 bits per heavy atom. The number of hydrogen-bond acceptors (Lipinski definition) is 8. The number of carboxylic acid groups (broad SMARTS) is 2. The summed E-state index contributed by atoms with van der Waals surface area (Å²) in [6, 6.07) is 0. The second kappa shape index (κ2) is 57.6. The summed E-state index contributed by atoms with van der Waals surface area (Å²) in [5, 5.41) is 19.9. The van der Waals surface area contributed by atoms with E-state index in [1.165, 1.54) is 128 Å². The van der Waals surface area contributed by atoms with Gasteiger partial charge < -0.3 is 38.7 Å². The van der Waals surface area contributed by atoms with E-state index in [-0.39, 0.29) is 34.4 Å². The van der Waals surface area contributed by atoms with E-state index in [2.05, 4.69) is 37.2 Å². The fourth-order valence-electron chi connectivity index (χ4n) is 5.99. The first-order chi connectivity index (χ1) is 27.0. The number of carbonyl (C=O) groups excluding carboxylic acids is 2. The van der Waals surface area contributed by atoms with Gasteiger partial charge in [-0.15, -0.1) is 0 Å². The monoisotopic (exact) mass is 893 g/mol. The van der Waals surface area contributed by atoms with Crippen LogP contribution in [0.4, 0.5) is 9.59 Å². The summed E-state index contributed by atoms with van der Waals surface area (Å²) in [5.74, 6) is 0. The summed E-state index contributed by atoms with van der Waals surface area (Å²) in [6.45, 7) is 13.1. The Hall–Kier alpha value is -0.741. The molecule has 0 rings (SSSR count). The molecule has 0 radical (unpaired) electrons. The van der Waals surface area contributed by atoms with Crippen molar-refractivity contribution in [1.82, 2.24) is 0 Å². The predicted molar refractivity (Wildman–Crippen MR) is 230 cm³/mol. The molecule has 0 unspecified atom stereocenters. The van der Waals surface area contributed by atoms with Crippen molar-refractivity contribution in [3.63, 3.8) is 0 Å². The van der Waals surface area contributed by atoms with E-state index in [9.17, 15) is 19.8 Å². The third-order valence-electron chi connectivity index (χ3n) is 9.50. The first-order valence-electron chi connectivity index (χ1n) is 23.5. The molecule has 8 nitrogen and oxygen atoms in total. The van der Waals surface area contributed by atoms with Gasteiger partial charge in [0.2, 0.25) is 0 Å². The minimum absolute atomic E-state index is 0.0736. The second-order valence-electron chi connectivity index (χ2n) is 15.1. The van der Waals surface area contributed by atoms with Crippen LogP contribution in [0, 0.1) is 0 Å². The second-order valence-corrected chi connectivity index (χ2v) is 19.4. The van der Waals surface area contributed by atoms with Gasteiger partial charge in [-0.25, -0.2) is 0 Å². The van der Waals surface area contributed by atoms with E-state index in [0.717, 1.165) is 90.6 Å². The van der Waals surface area contributed by atoms with Gasteiger partial charge in [0.25, 0.3) is 12.3 Å². The van der Waals surface area contributed by atoms with Crippen molar-refractivity contribution < 1.29 is 38.7 Å². The van der Waals surface area contributed by atoms with E-state index in [0.29, 0.717) is 0 Å². The van der Waals surface area contributed by atoms with Crippen LogP contribution in [0.2, 0.25) is 8.87 Å². The Bertz CT molecular complexity index is 641. The molecule has 0 saturated carbocycles. The van der Waals surface area contributed by atoms with Crippen molar-refractivity contribution in [1.29, 1.82) is 0 Å². The third kappa shape index (κ3) is 68.3. The van der Waals surface area contributed by atoms with E-state index < -0.39 is 12.3 Å². The van der Waals surface area contributed by atoms with Crippen molar-refractivity contribution in [2.45, 2.75) is 242 Å². The number of hydrogen-bond donors (Lipinski definition) is 0. The molecule has 0 fully saturated rings. The van der Waals surface area contributed by atoms with Crippen LogP contribution in [0.15, 0.2) is 0 Å². The standard InChI is InChI=1S/2C15H30O4.2C8H17.Sn/c2*1-2-3-4-6-9-12-18-13-10-7-5-8-11-14-19-15(16)17;2*1-3-5-7-8-6-4-2;/h2*2-14H2,1H3,(H,16,17);2*1,3-8H2,2H3;/q;;;;+2/p-2. The Kier molecular flexibility index (Phi) is 61.3. The molecular weight excluding hydrogens is 799 g/mol. The van der Waals surface area contributed by atoms with Gasteiger partial charge in [-0.05, 0) is 38.5 Å². The van der Waals surface area contributed by atoms with Crippen molar-refractivity contribution in [3.8, 4) is 0 Å². The number of rotatable bonds is 42. The Morgan fingerprint density at radius 2 is 0.545 bits per heavy atom. The van der Waals surface area contributed by atoms with Gasteiger partial charge in [-0.3, -0.25) is 0 Å². The Labute approximate surface area is 352 Å². The van der Waals surface area contributed by atoms with Crippen LogP contribution in [0.5, 0.6) is 0 Å². The SMILES string of the molecule is CCCCCCCOCCCCCCCOC(=O)[O-].CCCCCCCOCCCCCCCOC(=O)[O-].CCCCCCC[CH2][Sn+2][CH2]CCCCCCC. The summed E-state index contributed by atoms with van der Waals surface area (Å²) in [7, 11) is 0. The first kappa shape index (κ1) is 58.6. The molecule has 0 heterocycles. The molecule has 9 heteroatoms. The van der Waals surface area contributed by atoms with E-state index >= 15 is 0 Å². The van der Waals surface area contributed by atoms with E-state index in [1.807, 2.05) is 0 Å². The molecule has 0 atom stereocenters. The van der Waals surface area contributed by atoms with Crippen molar-refractivity contribution in [2.75, 3.05) is 39.6 Å². The summed E-state index contributed by atoms with van der Waals surface area (Å²) in [6.07, 6.45) is 38.1. The molecule has 0 aromatic rings. The zero-order chi connectivity index (χ0) is 41.0. The molecule has 0 N–H and O–H groups in total. The normalized spacial score (nSPS) is 10.5. The fraction of sp³-hybridized carbons (Fsp3) is 0.957. The van der Waals surface area contributed by atoms with Crippen molar-refractivity contribution >= 4 is 33.5 Å². The molecule has 0 saturated heterocycles. The molecule has 0 amide bonds. The molecule has 0 bridgehead atoms. The van der Waals surface area contributed by atoms with Crippen LogP contribution < -0.4 is 10.2 Å². The van der Waals surface area contributed by atoms with Gasteiger partial charge in [0.15, 0.2) is 0 Å². The van der Waals surface area contributed by atoms with Gasteiger partial charge in [0, 0.05) is 39.6 Å². The maximum absolute atomic E-state index is 9.97. The van der Waals surface area contributed by atoms with Crippen LogP contribution in [0.1, 0.15) is 233 Å². The van der Waals surface area contributed by atoms with Gasteiger partial charge in [-0.2, -0.15) is 0 Å². The maximum atomic E-state index is 9.97. The number of ether oxygens (including phenoxy) is 4. The van der Waals surface area contributed by atoms with Crippen LogP contribution in [-0.2, 0) is 18.9 Å². The fourth-order valence-corrected chi connectivity index (χ4v) is 9.56. The first-order valence-corrected chi connectivity index (χ1v) is 27.5. The quantitative estimate of drug-likeness (QED) is 0.0338. The molecule has 328 valence electrons. The van der Waals surface area contributed by atoms with Gasteiger partial charge in [0.1, 0.15) is 0 Å². The summed E-state index contributed by atoms with van der Waals surface area (Å²) in [4.78, 5) is 19.9. The average Bonchev–Trinajstić information content (AvgIpc) is 3.17. The van der Waals surface area contributed by atoms with Crippen LogP contribution in [0.3, 0.4) is 0 Å². The zero-order valence-electron chi connectivity index (χ0n) is 37.1. The molecule has 0 aliphatic heterocycles. The Balaban J connectivity index is -0.000000739. The third-order valence-corrected chi connectivity index (χ3v) is 13.5. The molecule has 0 aromatic carbocycles. The van der Waals surface area contributed by atoms with Crippen LogP contribution in [0.25, 0.3) is 0 Å². The summed E-state index contributed by atoms with van der Waals surface area (Å²) < 4.78 is 23.1. The minimum atomic E-state index is -1.42. The molecule has 0 aliphatic carbocycles. The molecule has 0 aromatic heterocycles. The van der Waals surface area contributed by atoms with Crippen LogP contribution >= 0.6 is 0 Å². The molecule has 0 aliphatic rings. The topological polar surface area (TPSA) is 117 Å². The van der Waals surface area contributed by atoms with Gasteiger partial charge in [0.05, 0.1) is 0 Å². The predicted octanol–water partition coefficient (Wildman–Crippen LogP) is 12.8. The number of carbonyl (C=O) groups is 2. The molecule has 55 heavy (non-hydrogen) atoms. The van der Waals surface area contributed by atoms with Crippen LogP contribution in [-0.4, -0.2) is 73.1 Å².